The van der Waals surface area contributed by atoms with Crippen molar-refractivity contribution >= 4 is 15.9 Å². The Hall–Kier alpha value is -0.980. The summed E-state index contributed by atoms with van der Waals surface area (Å²) in [7, 11) is 0. The summed E-state index contributed by atoms with van der Waals surface area (Å²) < 4.78 is 6.77. The highest BCUT2D eigenvalue weighted by molar-refractivity contribution is 9.10. The zero-order valence-corrected chi connectivity index (χ0v) is 12.8. The lowest BCUT2D eigenvalue weighted by molar-refractivity contribution is 0.360. The second-order valence-electron chi connectivity index (χ2n) is 4.07. The highest BCUT2D eigenvalue weighted by Crippen LogP contribution is 2.28. The van der Waals surface area contributed by atoms with Gasteiger partial charge in [-0.25, -0.2) is 0 Å². The van der Waals surface area contributed by atoms with Gasteiger partial charge in [-0.05, 0) is 45.0 Å². The third kappa shape index (κ3) is 4.72. The van der Waals surface area contributed by atoms with Gasteiger partial charge >= 0.3 is 0 Å². The monoisotopic (exact) mass is 309 g/mol. The molecule has 2 nitrogen and oxygen atoms in total. The molecule has 0 heterocycles. The second kappa shape index (κ2) is 8.18. The fourth-order valence-electron chi connectivity index (χ4n) is 1.65. The molecule has 98 valence electrons. The summed E-state index contributed by atoms with van der Waals surface area (Å²) in [5.41, 5.74) is 1.16. The minimum atomic E-state index is 0.270. The van der Waals surface area contributed by atoms with Gasteiger partial charge in [0.2, 0.25) is 0 Å². The van der Waals surface area contributed by atoms with Crippen molar-refractivity contribution < 1.29 is 4.74 Å². The summed E-state index contributed by atoms with van der Waals surface area (Å²) in [6.45, 7) is 7.56. The fraction of sp³-hybridized carbons (Fsp3) is 0.467. The second-order valence-corrected chi connectivity index (χ2v) is 4.99. The lowest BCUT2D eigenvalue weighted by Crippen LogP contribution is -2.20. The van der Waals surface area contributed by atoms with Crippen LogP contribution in [0.1, 0.15) is 38.8 Å². The minimum Gasteiger partial charge on any atom is -0.481 e. The van der Waals surface area contributed by atoms with E-state index in [4.69, 9.17) is 4.74 Å². The number of ether oxygens (including phenoxy) is 1. The van der Waals surface area contributed by atoms with Crippen LogP contribution >= 0.6 is 15.9 Å². The van der Waals surface area contributed by atoms with E-state index in [9.17, 15) is 0 Å². The van der Waals surface area contributed by atoms with Gasteiger partial charge in [0.25, 0.3) is 0 Å². The van der Waals surface area contributed by atoms with Gasteiger partial charge in [0.15, 0.2) is 0 Å². The third-order valence-electron chi connectivity index (χ3n) is 2.62. The Morgan fingerprint density at radius 3 is 2.89 bits per heavy atom. The topological polar surface area (TPSA) is 21.3 Å². The van der Waals surface area contributed by atoms with Crippen LogP contribution in [0.15, 0.2) is 22.7 Å². The molecule has 0 aliphatic carbocycles. The normalized spacial score (nSPS) is 11.6. The molecule has 0 radical (unpaired) electrons. The summed E-state index contributed by atoms with van der Waals surface area (Å²) in [6.07, 6.45) is 1.12. The molecule has 0 aliphatic rings. The largest absolute Gasteiger partial charge is 0.481 e. The first kappa shape index (κ1) is 15.1. The molecule has 0 aliphatic heterocycles. The Labute approximate surface area is 118 Å². The lowest BCUT2D eigenvalue weighted by Gasteiger charge is -2.18. The zero-order valence-electron chi connectivity index (χ0n) is 11.2. The van der Waals surface area contributed by atoms with Crippen LogP contribution in [0.3, 0.4) is 0 Å². The molecule has 1 rings (SSSR count). The van der Waals surface area contributed by atoms with Crippen LogP contribution in [0.2, 0.25) is 0 Å². The van der Waals surface area contributed by atoms with E-state index in [1.807, 2.05) is 19.1 Å². The van der Waals surface area contributed by atoms with Gasteiger partial charge < -0.3 is 10.1 Å². The van der Waals surface area contributed by atoms with E-state index in [1.54, 1.807) is 0 Å². The van der Waals surface area contributed by atoms with Crippen molar-refractivity contribution in [2.75, 3.05) is 13.2 Å². The summed E-state index contributed by atoms with van der Waals surface area (Å²) in [6, 6.07) is 6.35. The van der Waals surface area contributed by atoms with Gasteiger partial charge in [0.05, 0.1) is 0 Å². The van der Waals surface area contributed by atoms with Crippen LogP contribution in [-0.2, 0) is 0 Å². The SMILES string of the molecule is CC#CCOc1ccc(Br)cc1C(C)NCCC. The number of nitrogens with one attached hydrogen (secondary N) is 1. The van der Waals surface area contributed by atoms with E-state index >= 15 is 0 Å². The molecule has 1 unspecified atom stereocenters. The van der Waals surface area contributed by atoms with Gasteiger partial charge in [-0.15, -0.1) is 5.92 Å². The molecule has 0 saturated heterocycles. The predicted octanol–water partition coefficient (Wildman–Crippen LogP) is 3.91. The summed E-state index contributed by atoms with van der Waals surface area (Å²) in [4.78, 5) is 0. The summed E-state index contributed by atoms with van der Waals surface area (Å²) >= 11 is 3.50. The van der Waals surface area contributed by atoms with Crippen molar-refractivity contribution in [2.24, 2.45) is 0 Å². The molecule has 18 heavy (non-hydrogen) atoms. The fourth-order valence-corrected chi connectivity index (χ4v) is 2.02. The molecule has 0 amide bonds. The minimum absolute atomic E-state index is 0.270. The van der Waals surface area contributed by atoms with Crippen LogP contribution in [0.25, 0.3) is 0 Å². The third-order valence-corrected chi connectivity index (χ3v) is 3.11. The Morgan fingerprint density at radius 1 is 1.44 bits per heavy atom. The highest BCUT2D eigenvalue weighted by atomic mass is 79.9. The average molecular weight is 310 g/mol. The summed E-state index contributed by atoms with van der Waals surface area (Å²) in [5, 5.41) is 3.47. The van der Waals surface area contributed by atoms with Crippen LogP contribution in [0.4, 0.5) is 0 Å². The maximum Gasteiger partial charge on any atom is 0.149 e. The first-order chi connectivity index (χ1) is 8.69. The molecular formula is C15H20BrNO. The maximum atomic E-state index is 5.70. The lowest BCUT2D eigenvalue weighted by atomic mass is 10.1. The first-order valence-electron chi connectivity index (χ1n) is 6.24. The van der Waals surface area contributed by atoms with Gasteiger partial charge in [-0.3, -0.25) is 0 Å². The number of benzene rings is 1. The van der Waals surface area contributed by atoms with E-state index in [0.717, 1.165) is 28.8 Å². The molecule has 0 bridgehead atoms. The predicted molar refractivity (Wildman–Crippen MR) is 79.8 cm³/mol. The Bertz CT molecular complexity index is 434. The molecule has 0 spiro atoms. The van der Waals surface area contributed by atoms with E-state index in [1.165, 1.54) is 0 Å². The van der Waals surface area contributed by atoms with Gasteiger partial charge in [-0.2, -0.15) is 0 Å². The number of hydrogen-bond donors (Lipinski definition) is 1. The molecule has 1 atom stereocenters. The molecular weight excluding hydrogens is 290 g/mol. The van der Waals surface area contributed by atoms with Gasteiger partial charge in [0, 0.05) is 16.1 Å². The summed E-state index contributed by atoms with van der Waals surface area (Å²) in [5.74, 6) is 6.65. The molecule has 1 aromatic carbocycles. The van der Waals surface area contributed by atoms with Crippen LogP contribution in [0.5, 0.6) is 5.75 Å². The Morgan fingerprint density at radius 2 is 2.22 bits per heavy atom. The number of halogens is 1. The quantitative estimate of drug-likeness (QED) is 0.804. The van der Waals surface area contributed by atoms with Gasteiger partial charge in [-0.1, -0.05) is 28.8 Å². The standard InChI is InChI=1S/C15H20BrNO/c1-4-6-10-18-15-8-7-13(16)11-14(15)12(3)17-9-5-2/h7-8,11-12,17H,5,9-10H2,1-3H3. The molecule has 1 aromatic rings. The van der Waals surface area contributed by atoms with Crippen LogP contribution < -0.4 is 10.1 Å². The zero-order chi connectivity index (χ0) is 13.4. The van der Waals surface area contributed by atoms with E-state index in [-0.39, 0.29) is 6.04 Å². The first-order valence-corrected chi connectivity index (χ1v) is 7.03. The van der Waals surface area contributed by atoms with Crippen LogP contribution in [0, 0.1) is 11.8 Å². The van der Waals surface area contributed by atoms with Crippen molar-refractivity contribution in [1.29, 1.82) is 0 Å². The average Bonchev–Trinajstić information content (AvgIpc) is 2.38. The van der Waals surface area contributed by atoms with Crippen molar-refractivity contribution in [1.82, 2.24) is 5.32 Å². The number of rotatable bonds is 6. The van der Waals surface area contributed by atoms with E-state index in [0.29, 0.717) is 6.61 Å². The van der Waals surface area contributed by atoms with Crippen molar-refractivity contribution in [3.05, 3.63) is 28.2 Å². The van der Waals surface area contributed by atoms with Crippen LogP contribution in [-0.4, -0.2) is 13.2 Å². The van der Waals surface area contributed by atoms with E-state index in [2.05, 4.69) is 53.0 Å². The van der Waals surface area contributed by atoms with Gasteiger partial charge in [0.1, 0.15) is 12.4 Å². The molecule has 0 fully saturated rings. The smallest absolute Gasteiger partial charge is 0.149 e. The Balaban J connectivity index is 2.83. The molecule has 0 saturated carbocycles. The number of hydrogen-bond acceptors (Lipinski definition) is 2. The molecule has 1 N–H and O–H groups in total. The Kier molecular flexibility index (Phi) is 6.85. The maximum absolute atomic E-state index is 5.70. The van der Waals surface area contributed by atoms with Crippen molar-refractivity contribution in [3.63, 3.8) is 0 Å². The molecule has 0 aromatic heterocycles. The van der Waals surface area contributed by atoms with Crippen molar-refractivity contribution in [3.8, 4) is 17.6 Å². The van der Waals surface area contributed by atoms with E-state index < -0.39 is 0 Å². The van der Waals surface area contributed by atoms with Crippen molar-refractivity contribution in [2.45, 2.75) is 33.2 Å². The molecule has 3 heteroatoms. The highest BCUT2D eigenvalue weighted by Gasteiger charge is 2.11.